The van der Waals surface area contributed by atoms with Crippen molar-refractivity contribution >= 4 is 5.97 Å². The van der Waals surface area contributed by atoms with E-state index in [0.717, 1.165) is 6.07 Å². The van der Waals surface area contributed by atoms with E-state index < -0.39 is 28.8 Å². The molecule has 0 atom stereocenters. The number of carbonyl (C=O) groups is 1. The third-order valence-electron chi connectivity index (χ3n) is 2.00. The highest BCUT2D eigenvalue weighted by Gasteiger charge is 2.35. The molecule has 0 aromatic heterocycles. The van der Waals surface area contributed by atoms with Gasteiger partial charge in [0.25, 0.3) is 0 Å². The number of alkyl halides is 3. The lowest BCUT2D eigenvalue weighted by atomic mass is 9.99. The van der Waals surface area contributed by atoms with Gasteiger partial charge in [0.1, 0.15) is 6.07 Å². The van der Waals surface area contributed by atoms with E-state index in [4.69, 9.17) is 10.4 Å². The Morgan fingerprint density at radius 1 is 1.44 bits per heavy atom. The van der Waals surface area contributed by atoms with Gasteiger partial charge < -0.3 is 5.11 Å². The molecule has 0 heterocycles. The van der Waals surface area contributed by atoms with Gasteiger partial charge in [-0.25, -0.2) is 4.79 Å². The van der Waals surface area contributed by atoms with Gasteiger partial charge in [-0.15, -0.1) is 0 Å². The van der Waals surface area contributed by atoms with Crippen molar-refractivity contribution in [1.29, 1.82) is 5.26 Å². The number of nitriles is 1. The highest BCUT2D eigenvalue weighted by molar-refractivity contribution is 5.88. The molecule has 6 heteroatoms. The van der Waals surface area contributed by atoms with Crippen LogP contribution in [-0.4, -0.2) is 11.1 Å². The first-order valence-electron chi connectivity index (χ1n) is 4.12. The predicted molar refractivity (Wildman–Crippen MR) is 47.9 cm³/mol. The van der Waals surface area contributed by atoms with Crippen molar-refractivity contribution in [3.63, 3.8) is 0 Å². The highest BCUT2D eigenvalue weighted by atomic mass is 19.4. The van der Waals surface area contributed by atoms with Crippen LogP contribution in [0.4, 0.5) is 13.2 Å². The van der Waals surface area contributed by atoms with E-state index in [1.54, 1.807) is 0 Å². The molecule has 0 bridgehead atoms. The van der Waals surface area contributed by atoms with Crippen LogP contribution in [0.3, 0.4) is 0 Å². The summed E-state index contributed by atoms with van der Waals surface area (Å²) in [5.41, 5.74) is -2.25. The van der Waals surface area contributed by atoms with E-state index in [0.29, 0.717) is 6.07 Å². The normalized spacial score (nSPS) is 10.9. The largest absolute Gasteiger partial charge is 0.478 e. The standard InChI is InChI=1S/C10H6F3NO2/c1-5-2-6(9(15)16)3-8(7(5)4-14)10(11,12)13/h2-3H,1H3,(H,15,16). The van der Waals surface area contributed by atoms with Crippen LogP contribution in [0.15, 0.2) is 12.1 Å². The Kier molecular flexibility index (Phi) is 2.90. The second-order valence-electron chi connectivity index (χ2n) is 3.13. The molecule has 1 aromatic carbocycles. The number of hydrogen-bond donors (Lipinski definition) is 1. The fraction of sp³-hybridized carbons (Fsp3) is 0.200. The summed E-state index contributed by atoms with van der Waals surface area (Å²) < 4.78 is 37.5. The molecular weight excluding hydrogens is 223 g/mol. The second kappa shape index (κ2) is 3.85. The van der Waals surface area contributed by atoms with Gasteiger partial charge in [0.2, 0.25) is 0 Å². The number of benzene rings is 1. The van der Waals surface area contributed by atoms with Gasteiger partial charge in [-0.1, -0.05) is 0 Å². The van der Waals surface area contributed by atoms with Crippen LogP contribution in [0.1, 0.15) is 27.0 Å². The first-order chi connectivity index (χ1) is 7.27. The number of nitrogens with zero attached hydrogens (tertiary/aromatic N) is 1. The fourth-order valence-electron chi connectivity index (χ4n) is 1.28. The maximum atomic E-state index is 12.5. The molecule has 0 radical (unpaired) electrons. The topological polar surface area (TPSA) is 61.1 Å². The molecule has 0 saturated heterocycles. The van der Waals surface area contributed by atoms with Gasteiger partial charge >= 0.3 is 12.1 Å². The van der Waals surface area contributed by atoms with Gasteiger partial charge in [0, 0.05) is 0 Å². The maximum Gasteiger partial charge on any atom is 0.417 e. The first kappa shape index (κ1) is 12.0. The third kappa shape index (κ3) is 2.14. The molecule has 1 N–H and O–H groups in total. The fourth-order valence-corrected chi connectivity index (χ4v) is 1.28. The number of carboxylic acid groups (broad SMARTS) is 1. The summed E-state index contributed by atoms with van der Waals surface area (Å²) in [6.45, 7) is 1.26. The predicted octanol–water partition coefficient (Wildman–Crippen LogP) is 2.58. The van der Waals surface area contributed by atoms with Crippen LogP contribution in [0.2, 0.25) is 0 Å². The number of carboxylic acids is 1. The van der Waals surface area contributed by atoms with E-state index in [1.807, 2.05) is 0 Å². The quantitative estimate of drug-likeness (QED) is 0.804. The highest BCUT2D eigenvalue weighted by Crippen LogP contribution is 2.33. The Hall–Kier alpha value is -2.03. The maximum absolute atomic E-state index is 12.5. The van der Waals surface area contributed by atoms with Crippen molar-refractivity contribution in [1.82, 2.24) is 0 Å². The summed E-state index contributed by atoms with van der Waals surface area (Å²) in [7, 11) is 0. The molecule has 0 aliphatic heterocycles. The van der Waals surface area contributed by atoms with Crippen LogP contribution >= 0.6 is 0 Å². The lowest BCUT2D eigenvalue weighted by Gasteiger charge is -2.11. The van der Waals surface area contributed by atoms with Gasteiger partial charge in [-0.2, -0.15) is 18.4 Å². The minimum absolute atomic E-state index is 0.00488. The molecule has 1 aromatic rings. The van der Waals surface area contributed by atoms with Gasteiger partial charge in [-0.05, 0) is 24.6 Å². The molecule has 84 valence electrons. The first-order valence-corrected chi connectivity index (χ1v) is 4.12. The minimum Gasteiger partial charge on any atom is -0.478 e. The number of halogens is 3. The third-order valence-corrected chi connectivity index (χ3v) is 2.00. The van der Waals surface area contributed by atoms with E-state index in [1.165, 1.54) is 13.0 Å². The average Bonchev–Trinajstić information content (AvgIpc) is 2.14. The second-order valence-corrected chi connectivity index (χ2v) is 3.13. The van der Waals surface area contributed by atoms with Crippen LogP contribution in [0, 0.1) is 18.3 Å². The van der Waals surface area contributed by atoms with E-state index in [9.17, 15) is 18.0 Å². The van der Waals surface area contributed by atoms with E-state index in [2.05, 4.69) is 0 Å². The lowest BCUT2D eigenvalue weighted by molar-refractivity contribution is -0.137. The summed E-state index contributed by atoms with van der Waals surface area (Å²) in [5.74, 6) is -1.46. The number of aryl methyl sites for hydroxylation is 1. The van der Waals surface area contributed by atoms with Gasteiger partial charge in [-0.3, -0.25) is 0 Å². The van der Waals surface area contributed by atoms with Crippen molar-refractivity contribution in [2.24, 2.45) is 0 Å². The Morgan fingerprint density at radius 3 is 2.38 bits per heavy atom. The monoisotopic (exact) mass is 229 g/mol. The zero-order valence-electron chi connectivity index (χ0n) is 8.09. The zero-order valence-corrected chi connectivity index (χ0v) is 8.09. The molecule has 0 saturated carbocycles. The number of rotatable bonds is 1. The Bertz CT molecular complexity index is 486. The summed E-state index contributed by atoms with van der Waals surface area (Å²) in [6.07, 6.45) is -4.73. The Labute approximate surface area is 88.7 Å². The molecule has 0 unspecified atom stereocenters. The summed E-state index contributed by atoms with van der Waals surface area (Å²) in [5, 5.41) is 17.2. The van der Waals surface area contributed by atoms with Crippen LogP contribution in [0.25, 0.3) is 0 Å². The number of aromatic carboxylic acids is 1. The SMILES string of the molecule is Cc1cc(C(=O)O)cc(C(F)(F)F)c1C#N. The molecule has 0 aliphatic rings. The van der Waals surface area contributed by atoms with Crippen LogP contribution in [0.5, 0.6) is 0 Å². The Balaban J connectivity index is 3.57. The van der Waals surface area contributed by atoms with Gasteiger partial charge in [0.05, 0.1) is 16.7 Å². The zero-order chi connectivity index (χ0) is 12.5. The molecular formula is C10H6F3NO2. The average molecular weight is 229 g/mol. The van der Waals surface area contributed by atoms with Crippen LogP contribution < -0.4 is 0 Å². The van der Waals surface area contributed by atoms with Gasteiger partial charge in [0.15, 0.2) is 0 Å². The molecule has 0 amide bonds. The lowest BCUT2D eigenvalue weighted by Crippen LogP contribution is -2.11. The number of hydrogen-bond acceptors (Lipinski definition) is 2. The molecule has 3 nitrogen and oxygen atoms in total. The van der Waals surface area contributed by atoms with Crippen molar-refractivity contribution in [3.05, 3.63) is 34.4 Å². The molecule has 16 heavy (non-hydrogen) atoms. The molecule has 0 aliphatic carbocycles. The van der Waals surface area contributed by atoms with E-state index in [-0.39, 0.29) is 5.56 Å². The molecule has 0 spiro atoms. The Morgan fingerprint density at radius 2 is 2.00 bits per heavy atom. The minimum atomic E-state index is -4.73. The van der Waals surface area contributed by atoms with E-state index >= 15 is 0 Å². The van der Waals surface area contributed by atoms with Crippen molar-refractivity contribution < 1.29 is 23.1 Å². The summed E-state index contributed by atoms with van der Waals surface area (Å²) >= 11 is 0. The smallest absolute Gasteiger partial charge is 0.417 e. The molecule has 1 rings (SSSR count). The van der Waals surface area contributed by atoms with Crippen molar-refractivity contribution in [2.75, 3.05) is 0 Å². The van der Waals surface area contributed by atoms with Crippen LogP contribution in [-0.2, 0) is 6.18 Å². The summed E-state index contributed by atoms with van der Waals surface area (Å²) in [6, 6.07) is 2.93. The van der Waals surface area contributed by atoms with Crippen molar-refractivity contribution in [3.8, 4) is 6.07 Å². The molecule has 0 fully saturated rings. The summed E-state index contributed by atoms with van der Waals surface area (Å²) in [4.78, 5) is 10.6. The van der Waals surface area contributed by atoms with Crippen molar-refractivity contribution in [2.45, 2.75) is 13.1 Å².